The summed E-state index contributed by atoms with van der Waals surface area (Å²) in [5.74, 6) is 1.30. The molecule has 0 aromatic carbocycles. The molecule has 0 amide bonds. The molecule has 0 radical (unpaired) electrons. The molecule has 0 saturated carbocycles. The number of nitrogens with zero attached hydrogens (tertiary/aromatic N) is 1. The predicted octanol–water partition coefficient (Wildman–Crippen LogP) is 3.24. The maximum Gasteiger partial charge on any atom is 0.129 e. The van der Waals surface area contributed by atoms with Gasteiger partial charge in [-0.15, -0.1) is 0 Å². The average molecular weight is 235 g/mol. The van der Waals surface area contributed by atoms with Crippen molar-refractivity contribution in [2.75, 3.05) is 0 Å². The van der Waals surface area contributed by atoms with Crippen LogP contribution >= 0.6 is 0 Å². The lowest BCUT2D eigenvalue weighted by molar-refractivity contribution is 0.331. The molecule has 2 nitrogen and oxygen atoms in total. The van der Waals surface area contributed by atoms with Crippen LogP contribution in [0.5, 0.6) is 0 Å². The van der Waals surface area contributed by atoms with E-state index in [9.17, 15) is 0 Å². The first-order valence-corrected chi connectivity index (χ1v) is 6.29. The van der Waals surface area contributed by atoms with Crippen LogP contribution in [0.15, 0.2) is 76.3 Å². The van der Waals surface area contributed by atoms with E-state index in [0.717, 1.165) is 12.2 Å². The van der Waals surface area contributed by atoms with Crippen molar-refractivity contribution in [2.24, 2.45) is 10.9 Å². The molecule has 0 N–H and O–H groups in total. The van der Waals surface area contributed by atoms with Gasteiger partial charge in [-0.25, -0.2) is 0 Å². The SMILES string of the molecule is C1=CC2=COC3=CC4N=CCC=C4C=C3C2C=C1. The number of dihydropyridines is 1. The number of aliphatic imine (C=N–C) groups is 1. The maximum atomic E-state index is 5.74. The van der Waals surface area contributed by atoms with Gasteiger partial charge in [-0.3, -0.25) is 4.99 Å². The standard InChI is InChI=1S/C16H13NO/c1-2-6-13-12(4-1)10-18-16-9-15-11(8-14(13)16)5-3-7-17-15/h1-2,4-10,13,15H,3H2. The Labute approximate surface area is 106 Å². The summed E-state index contributed by atoms with van der Waals surface area (Å²) in [6, 6.07) is 0.149. The summed E-state index contributed by atoms with van der Waals surface area (Å²) < 4.78 is 5.74. The predicted molar refractivity (Wildman–Crippen MR) is 72.1 cm³/mol. The van der Waals surface area contributed by atoms with Gasteiger partial charge in [-0.1, -0.05) is 30.4 Å². The third kappa shape index (κ3) is 1.39. The van der Waals surface area contributed by atoms with Gasteiger partial charge in [0.25, 0.3) is 0 Å². The molecule has 2 heteroatoms. The van der Waals surface area contributed by atoms with E-state index in [4.69, 9.17) is 4.74 Å². The fraction of sp³-hybridized carbons (Fsp3) is 0.188. The van der Waals surface area contributed by atoms with E-state index in [-0.39, 0.29) is 6.04 Å². The van der Waals surface area contributed by atoms with Crippen molar-refractivity contribution >= 4 is 6.21 Å². The second-order valence-electron chi connectivity index (χ2n) is 4.80. The largest absolute Gasteiger partial charge is 0.465 e. The van der Waals surface area contributed by atoms with Gasteiger partial charge in [0.15, 0.2) is 0 Å². The van der Waals surface area contributed by atoms with Crippen LogP contribution in [0.1, 0.15) is 6.42 Å². The first-order valence-electron chi connectivity index (χ1n) is 6.29. The van der Waals surface area contributed by atoms with Crippen molar-refractivity contribution in [1.82, 2.24) is 0 Å². The van der Waals surface area contributed by atoms with E-state index in [1.54, 1.807) is 0 Å². The first-order chi connectivity index (χ1) is 8.92. The Bertz CT molecular complexity index is 611. The summed E-state index contributed by atoms with van der Waals surface area (Å²) in [6.45, 7) is 0. The van der Waals surface area contributed by atoms with E-state index in [1.807, 2.05) is 12.5 Å². The van der Waals surface area contributed by atoms with Crippen LogP contribution < -0.4 is 0 Å². The number of rotatable bonds is 0. The number of allylic oxidation sites excluding steroid dienone is 7. The van der Waals surface area contributed by atoms with Crippen molar-refractivity contribution in [2.45, 2.75) is 12.5 Å². The molecule has 2 unspecified atom stereocenters. The van der Waals surface area contributed by atoms with Crippen molar-refractivity contribution in [3.63, 3.8) is 0 Å². The Morgan fingerprint density at radius 1 is 1.22 bits per heavy atom. The molecule has 4 rings (SSSR count). The molecular weight excluding hydrogens is 222 g/mol. The molecule has 88 valence electrons. The molecule has 0 aromatic heterocycles. The first kappa shape index (κ1) is 9.89. The average Bonchev–Trinajstić information content (AvgIpc) is 2.45. The van der Waals surface area contributed by atoms with Crippen molar-refractivity contribution in [3.8, 4) is 0 Å². The Morgan fingerprint density at radius 2 is 2.22 bits per heavy atom. The van der Waals surface area contributed by atoms with Crippen LogP contribution in [0.2, 0.25) is 0 Å². The zero-order valence-corrected chi connectivity index (χ0v) is 9.91. The molecule has 2 aliphatic heterocycles. The second-order valence-corrected chi connectivity index (χ2v) is 4.80. The lowest BCUT2D eigenvalue weighted by atomic mass is 9.81. The lowest BCUT2D eigenvalue weighted by Gasteiger charge is -2.31. The number of hydrogen-bond acceptors (Lipinski definition) is 2. The number of ether oxygens (including phenoxy) is 1. The zero-order valence-electron chi connectivity index (χ0n) is 9.91. The maximum absolute atomic E-state index is 5.74. The lowest BCUT2D eigenvalue weighted by Crippen LogP contribution is -2.21. The normalized spacial score (nSPS) is 31.1. The molecule has 18 heavy (non-hydrogen) atoms. The molecular formula is C16H13NO. The van der Waals surface area contributed by atoms with Crippen molar-refractivity contribution < 1.29 is 4.74 Å². The fourth-order valence-electron chi connectivity index (χ4n) is 2.78. The minimum Gasteiger partial charge on any atom is -0.465 e. The number of hydrogen-bond donors (Lipinski definition) is 0. The van der Waals surface area contributed by atoms with Gasteiger partial charge in [0.05, 0.1) is 12.3 Å². The number of fused-ring (bicyclic) bond motifs is 4. The summed E-state index contributed by atoms with van der Waals surface area (Å²) in [7, 11) is 0. The molecule has 0 bridgehead atoms. The fourth-order valence-corrected chi connectivity index (χ4v) is 2.78. The Balaban J connectivity index is 1.82. The Hall–Kier alpha value is -2.09. The smallest absolute Gasteiger partial charge is 0.129 e. The van der Waals surface area contributed by atoms with Gasteiger partial charge in [-0.05, 0) is 23.3 Å². The van der Waals surface area contributed by atoms with Gasteiger partial charge < -0.3 is 4.74 Å². The van der Waals surface area contributed by atoms with Gasteiger partial charge in [0.2, 0.25) is 0 Å². The topological polar surface area (TPSA) is 21.6 Å². The molecule has 0 spiro atoms. The van der Waals surface area contributed by atoms with E-state index >= 15 is 0 Å². The van der Waals surface area contributed by atoms with Crippen molar-refractivity contribution in [3.05, 3.63) is 71.3 Å². The Kier molecular flexibility index (Phi) is 2.04. The van der Waals surface area contributed by atoms with Crippen LogP contribution in [0.25, 0.3) is 0 Å². The van der Waals surface area contributed by atoms with Gasteiger partial charge in [-0.2, -0.15) is 0 Å². The van der Waals surface area contributed by atoms with E-state index in [0.29, 0.717) is 5.92 Å². The Morgan fingerprint density at radius 3 is 3.22 bits per heavy atom. The van der Waals surface area contributed by atoms with Gasteiger partial charge >= 0.3 is 0 Å². The van der Waals surface area contributed by atoms with Crippen LogP contribution in [-0.4, -0.2) is 12.3 Å². The summed E-state index contributed by atoms with van der Waals surface area (Å²) in [4.78, 5) is 4.50. The highest BCUT2D eigenvalue weighted by Gasteiger charge is 2.30. The quantitative estimate of drug-likeness (QED) is 0.631. The molecule has 2 atom stereocenters. The third-order valence-corrected chi connectivity index (χ3v) is 3.70. The molecule has 4 aliphatic rings. The van der Waals surface area contributed by atoms with Crippen LogP contribution in [0, 0.1) is 5.92 Å². The molecule has 2 aliphatic carbocycles. The van der Waals surface area contributed by atoms with E-state index in [2.05, 4.69) is 47.5 Å². The van der Waals surface area contributed by atoms with E-state index < -0.39 is 0 Å². The zero-order chi connectivity index (χ0) is 11.9. The summed E-state index contributed by atoms with van der Waals surface area (Å²) in [5.41, 5.74) is 3.77. The highest BCUT2D eigenvalue weighted by atomic mass is 16.5. The molecule has 0 saturated heterocycles. The summed E-state index contributed by atoms with van der Waals surface area (Å²) in [6.07, 6.45) is 19.9. The van der Waals surface area contributed by atoms with Crippen LogP contribution in [-0.2, 0) is 4.74 Å². The van der Waals surface area contributed by atoms with Gasteiger partial charge in [0, 0.05) is 24.1 Å². The minimum atomic E-state index is 0.149. The van der Waals surface area contributed by atoms with E-state index in [1.165, 1.54) is 16.7 Å². The monoisotopic (exact) mass is 235 g/mol. The molecule has 0 fully saturated rings. The second kappa shape index (κ2) is 3.70. The molecule has 2 heterocycles. The van der Waals surface area contributed by atoms with Crippen molar-refractivity contribution in [1.29, 1.82) is 0 Å². The van der Waals surface area contributed by atoms with Gasteiger partial charge in [0.1, 0.15) is 5.76 Å². The summed E-state index contributed by atoms with van der Waals surface area (Å²) >= 11 is 0. The third-order valence-electron chi connectivity index (χ3n) is 3.70. The summed E-state index contributed by atoms with van der Waals surface area (Å²) in [5, 5.41) is 0. The molecule has 0 aromatic rings. The van der Waals surface area contributed by atoms with Crippen LogP contribution in [0.3, 0.4) is 0 Å². The van der Waals surface area contributed by atoms with Crippen LogP contribution in [0.4, 0.5) is 0 Å². The highest BCUT2D eigenvalue weighted by molar-refractivity contribution is 5.66. The highest BCUT2D eigenvalue weighted by Crippen LogP contribution is 2.40. The minimum absolute atomic E-state index is 0.149.